The maximum atomic E-state index is 12.1. The normalized spacial score (nSPS) is 16.5. The van der Waals surface area contributed by atoms with E-state index in [1.807, 2.05) is 0 Å². The molecule has 1 aromatic rings. The summed E-state index contributed by atoms with van der Waals surface area (Å²) in [4.78, 5) is 36.1. The Balaban J connectivity index is 2.25. The number of hydrogen-bond donors (Lipinski definition) is 1. The summed E-state index contributed by atoms with van der Waals surface area (Å²) >= 11 is 5.75. The minimum absolute atomic E-state index is 0.122. The highest BCUT2D eigenvalue weighted by Crippen LogP contribution is 2.22. The van der Waals surface area contributed by atoms with Crippen molar-refractivity contribution in [3.63, 3.8) is 0 Å². The third-order valence-corrected chi connectivity index (χ3v) is 2.76. The van der Waals surface area contributed by atoms with E-state index in [2.05, 4.69) is 10.1 Å². The largest absolute Gasteiger partial charge is 0.463 e. The van der Waals surface area contributed by atoms with Crippen LogP contribution in [0.5, 0.6) is 0 Å². The lowest BCUT2D eigenvalue weighted by atomic mass is 10.3. The van der Waals surface area contributed by atoms with Crippen molar-refractivity contribution in [1.29, 1.82) is 0 Å². The number of halogens is 1. The van der Waals surface area contributed by atoms with Crippen molar-refractivity contribution in [2.24, 2.45) is 0 Å². The number of urea groups is 1. The van der Waals surface area contributed by atoms with Crippen molar-refractivity contribution in [3.05, 3.63) is 41.1 Å². The predicted molar refractivity (Wildman–Crippen MR) is 72.2 cm³/mol. The van der Waals surface area contributed by atoms with E-state index in [1.54, 1.807) is 19.1 Å². The van der Waals surface area contributed by atoms with Crippen LogP contribution < -0.4 is 10.2 Å². The summed E-state index contributed by atoms with van der Waals surface area (Å²) in [5.74, 6) is -1.31. The van der Waals surface area contributed by atoms with Gasteiger partial charge < -0.3 is 10.1 Å². The number of rotatable bonds is 3. The van der Waals surface area contributed by atoms with E-state index in [9.17, 15) is 14.4 Å². The number of hydrogen-bond acceptors (Lipinski definition) is 4. The lowest BCUT2D eigenvalue weighted by molar-refractivity contribution is -0.137. The third kappa shape index (κ3) is 2.80. The van der Waals surface area contributed by atoms with E-state index < -0.39 is 17.9 Å². The van der Waals surface area contributed by atoms with Crippen LogP contribution in [-0.4, -0.2) is 24.5 Å². The molecule has 1 aliphatic heterocycles. The minimum atomic E-state index is -0.686. The number of benzene rings is 1. The number of nitrogens with zero attached hydrogens (tertiary/aromatic N) is 1. The predicted octanol–water partition coefficient (Wildman–Crippen LogP) is 1.84. The molecule has 1 aromatic carbocycles. The van der Waals surface area contributed by atoms with Crippen LogP contribution in [0, 0.1) is 0 Å². The molecule has 0 aromatic heterocycles. The highest BCUT2D eigenvalue weighted by atomic mass is 35.5. The SMILES string of the molecule is CCOC(=O)C=C1NC(=O)N(c2ccc(Cl)cc2)C1=O. The maximum absolute atomic E-state index is 12.1. The van der Waals surface area contributed by atoms with E-state index in [1.165, 1.54) is 12.1 Å². The van der Waals surface area contributed by atoms with E-state index in [-0.39, 0.29) is 12.3 Å². The average Bonchev–Trinajstić information content (AvgIpc) is 2.66. The van der Waals surface area contributed by atoms with Crippen LogP contribution in [0.1, 0.15) is 6.92 Å². The number of ether oxygens (including phenoxy) is 1. The monoisotopic (exact) mass is 294 g/mol. The van der Waals surface area contributed by atoms with E-state index in [0.717, 1.165) is 11.0 Å². The van der Waals surface area contributed by atoms with Crippen LogP contribution >= 0.6 is 11.6 Å². The Morgan fingerprint density at radius 1 is 1.35 bits per heavy atom. The molecular formula is C13H11ClN2O4. The number of nitrogens with one attached hydrogen (secondary N) is 1. The highest BCUT2D eigenvalue weighted by molar-refractivity contribution is 6.31. The summed E-state index contributed by atoms with van der Waals surface area (Å²) < 4.78 is 4.69. The zero-order valence-corrected chi connectivity index (χ0v) is 11.3. The van der Waals surface area contributed by atoms with Crippen molar-refractivity contribution in [2.45, 2.75) is 6.92 Å². The van der Waals surface area contributed by atoms with Crippen LogP contribution in [0.25, 0.3) is 0 Å². The zero-order valence-electron chi connectivity index (χ0n) is 10.6. The fraction of sp³-hybridized carbons (Fsp3) is 0.154. The van der Waals surface area contributed by atoms with Crippen molar-refractivity contribution >= 4 is 35.2 Å². The molecule has 6 nitrogen and oxygen atoms in total. The second-order valence-corrected chi connectivity index (χ2v) is 4.29. The molecule has 3 amide bonds. The summed E-state index contributed by atoms with van der Waals surface area (Å²) in [5.41, 5.74) is 0.243. The quantitative estimate of drug-likeness (QED) is 0.524. The van der Waals surface area contributed by atoms with Gasteiger partial charge in [-0.2, -0.15) is 0 Å². The number of esters is 1. The molecule has 1 heterocycles. The average molecular weight is 295 g/mol. The topological polar surface area (TPSA) is 75.7 Å². The molecule has 0 spiro atoms. The van der Waals surface area contributed by atoms with E-state index in [4.69, 9.17) is 11.6 Å². The van der Waals surface area contributed by atoms with Crippen LogP contribution in [-0.2, 0) is 14.3 Å². The Kier molecular flexibility index (Phi) is 4.05. The molecule has 0 aliphatic carbocycles. The summed E-state index contributed by atoms with van der Waals surface area (Å²) in [6.45, 7) is 1.83. The molecule has 20 heavy (non-hydrogen) atoms. The van der Waals surface area contributed by atoms with Crippen molar-refractivity contribution in [1.82, 2.24) is 5.32 Å². The molecule has 0 radical (unpaired) electrons. The zero-order chi connectivity index (χ0) is 14.7. The Bertz CT molecular complexity index is 595. The first-order valence-electron chi connectivity index (χ1n) is 5.82. The molecule has 7 heteroatoms. The van der Waals surface area contributed by atoms with Gasteiger partial charge in [0.25, 0.3) is 5.91 Å². The fourth-order valence-electron chi connectivity index (χ4n) is 1.66. The molecule has 104 valence electrons. The van der Waals surface area contributed by atoms with E-state index in [0.29, 0.717) is 10.7 Å². The molecule has 0 unspecified atom stereocenters. The minimum Gasteiger partial charge on any atom is -0.463 e. The Labute approximate surface area is 120 Å². The number of imide groups is 1. The van der Waals surface area contributed by atoms with Gasteiger partial charge in [0, 0.05) is 5.02 Å². The molecule has 0 saturated carbocycles. The second-order valence-electron chi connectivity index (χ2n) is 3.86. The first-order valence-corrected chi connectivity index (χ1v) is 6.20. The Morgan fingerprint density at radius 2 is 2.00 bits per heavy atom. The Hall–Kier alpha value is -2.34. The lowest BCUT2D eigenvalue weighted by Gasteiger charge is -2.11. The van der Waals surface area contributed by atoms with Crippen molar-refractivity contribution in [3.8, 4) is 0 Å². The molecule has 0 bridgehead atoms. The number of carbonyl (C=O) groups is 3. The first kappa shape index (κ1) is 14.1. The standard InChI is InChI=1S/C13H11ClN2O4/c1-2-20-11(17)7-10-12(18)16(13(19)15-10)9-5-3-8(14)4-6-9/h3-7H,2H2,1H3,(H,15,19). The highest BCUT2D eigenvalue weighted by Gasteiger charge is 2.35. The molecule has 1 saturated heterocycles. The van der Waals surface area contributed by atoms with Crippen molar-refractivity contribution in [2.75, 3.05) is 11.5 Å². The summed E-state index contributed by atoms with van der Waals surface area (Å²) in [6.07, 6.45) is 0.958. The van der Waals surface area contributed by atoms with Gasteiger partial charge in [0.05, 0.1) is 18.4 Å². The second kappa shape index (κ2) is 5.75. The van der Waals surface area contributed by atoms with Crippen LogP contribution in [0.2, 0.25) is 5.02 Å². The fourth-order valence-corrected chi connectivity index (χ4v) is 1.79. The molecule has 1 fully saturated rings. The van der Waals surface area contributed by atoms with Gasteiger partial charge in [0.1, 0.15) is 5.70 Å². The van der Waals surface area contributed by atoms with Crippen molar-refractivity contribution < 1.29 is 19.1 Å². The van der Waals surface area contributed by atoms with Crippen LogP contribution in [0.4, 0.5) is 10.5 Å². The van der Waals surface area contributed by atoms with Crippen LogP contribution in [0.3, 0.4) is 0 Å². The van der Waals surface area contributed by atoms with Gasteiger partial charge >= 0.3 is 12.0 Å². The molecule has 2 rings (SSSR count). The van der Waals surface area contributed by atoms with Gasteiger partial charge in [-0.3, -0.25) is 4.79 Å². The van der Waals surface area contributed by atoms with Gasteiger partial charge in [-0.15, -0.1) is 0 Å². The summed E-state index contributed by atoms with van der Waals surface area (Å²) in [5, 5.41) is 2.81. The van der Waals surface area contributed by atoms with Gasteiger partial charge in [-0.1, -0.05) is 11.6 Å². The third-order valence-electron chi connectivity index (χ3n) is 2.51. The Morgan fingerprint density at radius 3 is 2.60 bits per heavy atom. The number of carbonyl (C=O) groups excluding carboxylic acids is 3. The van der Waals surface area contributed by atoms with Crippen LogP contribution in [0.15, 0.2) is 36.0 Å². The van der Waals surface area contributed by atoms with Gasteiger partial charge in [0.15, 0.2) is 0 Å². The summed E-state index contributed by atoms with van der Waals surface area (Å²) in [7, 11) is 0. The number of amides is 3. The van der Waals surface area contributed by atoms with E-state index >= 15 is 0 Å². The molecule has 1 aliphatic rings. The molecule has 1 N–H and O–H groups in total. The summed E-state index contributed by atoms with van der Waals surface area (Å²) in [6, 6.07) is 5.56. The molecular weight excluding hydrogens is 284 g/mol. The van der Waals surface area contributed by atoms with Gasteiger partial charge in [-0.25, -0.2) is 14.5 Å². The smallest absolute Gasteiger partial charge is 0.333 e. The van der Waals surface area contributed by atoms with Gasteiger partial charge in [0.2, 0.25) is 0 Å². The number of anilines is 1. The lowest BCUT2D eigenvalue weighted by Crippen LogP contribution is -2.30. The molecule has 0 atom stereocenters. The first-order chi connectivity index (χ1) is 9.52. The van der Waals surface area contributed by atoms with Gasteiger partial charge in [-0.05, 0) is 31.2 Å². The maximum Gasteiger partial charge on any atom is 0.333 e.